The van der Waals surface area contributed by atoms with Crippen LogP contribution in [0.3, 0.4) is 0 Å². The molecule has 0 spiro atoms. The average Bonchev–Trinajstić information content (AvgIpc) is 2.85. The fraction of sp³-hybridized carbons (Fsp3) is 0. The lowest BCUT2D eigenvalue weighted by Gasteiger charge is -1.92. The molecule has 0 amide bonds. The quantitative estimate of drug-likeness (QED) is 0.490. The van der Waals surface area contributed by atoms with E-state index in [0.29, 0.717) is 0 Å². The van der Waals surface area contributed by atoms with Crippen LogP contribution >= 0.6 is 22.6 Å². The predicted octanol–water partition coefficient (Wildman–Crippen LogP) is 3.57. The van der Waals surface area contributed by atoms with Gasteiger partial charge in [-0.15, -0.1) is 0 Å². The normalized spacial score (nSPS) is 10.1. The van der Waals surface area contributed by atoms with Crippen LogP contribution in [-0.2, 0) is 0 Å². The van der Waals surface area contributed by atoms with Gasteiger partial charge in [0.2, 0.25) is 0 Å². The number of hydrogen-bond donors (Lipinski definition) is 1. The highest BCUT2D eigenvalue weighted by Crippen LogP contribution is 2.11. The third-order valence-corrected chi connectivity index (χ3v) is 3.33. The summed E-state index contributed by atoms with van der Waals surface area (Å²) in [6, 6.07) is 14.2. The molecule has 2 nitrogen and oxygen atoms in total. The molecule has 1 aromatic heterocycles. The van der Waals surface area contributed by atoms with Gasteiger partial charge >= 0.3 is 0 Å². The van der Waals surface area contributed by atoms with Crippen LogP contribution < -0.4 is 0 Å². The Kier molecular flexibility index (Phi) is 3.03. The molecule has 0 saturated heterocycles. The maximum absolute atomic E-state index is 4.18. The zero-order valence-corrected chi connectivity index (χ0v) is 11.6. The topological polar surface area (TPSA) is 28.7 Å². The van der Waals surface area contributed by atoms with Crippen molar-refractivity contribution in [2.45, 2.75) is 0 Å². The standard InChI is InChI=1S/C15H9IN2/c16-13-6-3-11(4-7-13)1-2-12-5-8-14-15(9-12)18-10-17-14/h3-10H,(H,17,18). The van der Waals surface area contributed by atoms with E-state index < -0.39 is 0 Å². The first kappa shape index (κ1) is 11.3. The molecule has 86 valence electrons. The van der Waals surface area contributed by atoms with Gasteiger partial charge in [0.1, 0.15) is 0 Å². The van der Waals surface area contributed by atoms with Crippen LogP contribution in [0.2, 0.25) is 0 Å². The summed E-state index contributed by atoms with van der Waals surface area (Å²) in [5.74, 6) is 6.32. The van der Waals surface area contributed by atoms with Crippen molar-refractivity contribution in [2.24, 2.45) is 0 Å². The van der Waals surface area contributed by atoms with Crippen molar-refractivity contribution >= 4 is 33.6 Å². The Balaban J connectivity index is 1.94. The monoisotopic (exact) mass is 344 g/mol. The minimum Gasteiger partial charge on any atom is -0.345 e. The summed E-state index contributed by atoms with van der Waals surface area (Å²) in [6.45, 7) is 0. The number of aromatic amines is 1. The number of halogens is 1. The summed E-state index contributed by atoms with van der Waals surface area (Å²) in [5, 5.41) is 0. The van der Waals surface area contributed by atoms with E-state index in [2.05, 4.69) is 56.5 Å². The van der Waals surface area contributed by atoms with E-state index in [1.165, 1.54) is 3.57 Å². The Hall–Kier alpha value is -1.80. The number of aromatic nitrogens is 2. The lowest BCUT2D eigenvalue weighted by Crippen LogP contribution is -1.78. The van der Waals surface area contributed by atoms with Gasteiger partial charge in [-0.05, 0) is 65.1 Å². The molecule has 0 aliphatic carbocycles. The molecule has 18 heavy (non-hydrogen) atoms. The fourth-order valence-corrected chi connectivity index (χ4v) is 2.05. The molecular formula is C15H9IN2. The third kappa shape index (κ3) is 2.39. The van der Waals surface area contributed by atoms with E-state index in [0.717, 1.165) is 22.2 Å². The summed E-state index contributed by atoms with van der Waals surface area (Å²) in [6.07, 6.45) is 1.70. The van der Waals surface area contributed by atoms with Crippen molar-refractivity contribution < 1.29 is 0 Å². The average molecular weight is 344 g/mol. The number of fused-ring (bicyclic) bond motifs is 1. The second-order valence-electron chi connectivity index (χ2n) is 3.89. The van der Waals surface area contributed by atoms with Crippen LogP contribution in [0, 0.1) is 15.4 Å². The first-order valence-electron chi connectivity index (χ1n) is 5.52. The highest BCUT2D eigenvalue weighted by Gasteiger charge is 1.95. The molecule has 0 aliphatic heterocycles. The molecule has 0 aliphatic rings. The van der Waals surface area contributed by atoms with Crippen LogP contribution in [0.25, 0.3) is 11.0 Å². The lowest BCUT2D eigenvalue weighted by molar-refractivity contribution is 1.34. The molecule has 1 heterocycles. The van der Waals surface area contributed by atoms with Gasteiger partial charge in [-0.25, -0.2) is 4.98 Å². The van der Waals surface area contributed by atoms with Crippen LogP contribution in [0.4, 0.5) is 0 Å². The van der Waals surface area contributed by atoms with Gasteiger partial charge < -0.3 is 4.98 Å². The smallest absolute Gasteiger partial charge is 0.0931 e. The Labute approximate surface area is 119 Å². The van der Waals surface area contributed by atoms with Crippen LogP contribution in [0.15, 0.2) is 48.8 Å². The number of rotatable bonds is 0. The molecule has 0 radical (unpaired) electrons. The zero-order chi connectivity index (χ0) is 12.4. The van der Waals surface area contributed by atoms with Crippen molar-refractivity contribution in [3.8, 4) is 11.8 Å². The summed E-state index contributed by atoms with van der Waals surface area (Å²) in [4.78, 5) is 7.27. The first-order valence-corrected chi connectivity index (χ1v) is 6.60. The SMILES string of the molecule is Ic1ccc(C#Cc2ccc3nc[nH]c3c2)cc1. The second kappa shape index (κ2) is 4.83. The minimum atomic E-state index is 0.967. The van der Waals surface area contributed by atoms with E-state index in [9.17, 15) is 0 Å². The van der Waals surface area contributed by atoms with Crippen molar-refractivity contribution in [3.05, 3.63) is 63.5 Å². The lowest BCUT2D eigenvalue weighted by atomic mass is 10.1. The Bertz CT molecular complexity index is 745. The highest BCUT2D eigenvalue weighted by atomic mass is 127. The number of imidazole rings is 1. The van der Waals surface area contributed by atoms with Gasteiger partial charge in [-0.3, -0.25) is 0 Å². The minimum absolute atomic E-state index is 0.967. The van der Waals surface area contributed by atoms with Gasteiger partial charge in [0.25, 0.3) is 0 Å². The molecule has 1 N–H and O–H groups in total. The number of nitrogens with zero attached hydrogens (tertiary/aromatic N) is 1. The van der Waals surface area contributed by atoms with E-state index >= 15 is 0 Å². The summed E-state index contributed by atoms with van der Waals surface area (Å²) >= 11 is 2.29. The molecule has 0 fully saturated rings. The molecule has 0 atom stereocenters. The Morgan fingerprint density at radius 1 is 0.944 bits per heavy atom. The van der Waals surface area contributed by atoms with Crippen molar-refractivity contribution in [2.75, 3.05) is 0 Å². The van der Waals surface area contributed by atoms with Gasteiger partial charge in [0.05, 0.1) is 17.4 Å². The summed E-state index contributed by atoms with van der Waals surface area (Å²) < 4.78 is 1.22. The summed E-state index contributed by atoms with van der Waals surface area (Å²) in [5.41, 5.74) is 4.00. The molecule has 0 unspecified atom stereocenters. The van der Waals surface area contributed by atoms with Gasteiger partial charge in [-0.1, -0.05) is 11.8 Å². The zero-order valence-electron chi connectivity index (χ0n) is 9.44. The van der Waals surface area contributed by atoms with Gasteiger partial charge in [-0.2, -0.15) is 0 Å². The molecular weight excluding hydrogens is 335 g/mol. The van der Waals surface area contributed by atoms with Gasteiger partial charge in [0, 0.05) is 14.7 Å². The summed E-state index contributed by atoms with van der Waals surface area (Å²) in [7, 11) is 0. The molecule has 3 heteroatoms. The number of nitrogens with one attached hydrogen (secondary N) is 1. The van der Waals surface area contributed by atoms with E-state index in [1.807, 2.05) is 30.3 Å². The maximum atomic E-state index is 4.18. The second-order valence-corrected chi connectivity index (χ2v) is 5.14. The van der Waals surface area contributed by atoms with Crippen molar-refractivity contribution in [1.82, 2.24) is 9.97 Å². The van der Waals surface area contributed by atoms with Gasteiger partial charge in [0.15, 0.2) is 0 Å². The molecule has 2 aromatic carbocycles. The van der Waals surface area contributed by atoms with E-state index in [1.54, 1.807) is 6.33 Å². The third-order valence-electron chi connectivity index (χ3n) is 2.62. The highest BCUT2D eigenvalue weighted by molar-refractivity contribution is 14.1. The number of benzene rings is 2. The van der Waals surface area contributed by atoms with Crippen LogP contribution in [-0.4, -0.2) is 9.97 Å². The maximum Gasteiger partial charge on any atom is 0.0931 e. The fourth-order valence-electron chi connectivity index (χ4n) is 1.69. The van der Waals surface area contributed by atoms with E-state index in [4.69, 9.17) is 0 Å². The number of H-pyrrole nitrogens is 1. The van der Waals surface area contributed by atoms with E-state index in [-0.39, 0.29) is 0 Å². The largest absolute Gasteiger partial charge is 0.345 e. The first-order chi connectivity index (χ1) is 8.81. The van der Waals surface area contributed by atoms with Crippen LogP contribution in [0.5, 0.6) is 0 Å². The predicted molar refractivity (Wildman–Crippen MR) is 81.2 cm³/mol. The Morgan fingerprint density at radius 2 is 1.67 bits per heavy atom. The molecule has 0 saturated carbocycles. The van der Waals surface area contributed by atoms with Crippen molar-refractivity contribution in [3.63, 3.8) is 0 Å². The molecule has 3 rings (SSSR count). The Morgan fingerprint density at radius 3 is 2.50 bits per heavy atom. The van der Waals surface area contributed by atoms with Crippen LogP contribution in [0.1, 0.15) is 11.1 Å². The van der Waals surface area contributed by atoms with Crippen molar-refractivity contribution in [1.29, 1.82) is 0 Å². The number of hydrogen-bond acceptors (Lipinski definition) is 1. The molecule has 0 bridgehead atoms. The molecule has 3 aromatic rings.